The first-order chi connectivity index (χ1) is 7.54. The van der Waals surface area contributed by atoms with Gasteiger partial charge in [0.1, 0.15) is 11.4 Å². The van der Waals surface area contributed by atoms with E-state index in [1.54, 1.807) is 7.11 Å². The molecule has 0 amide bonds. The lowest BCUT2D eigenvalue weighted by atomic mass is 10.1. The second-order valence-corrected chi connectivity index (χ2v) is 4.84. The van der Waals surface area contributed by atoms with Gasteiger partial charge in [0.15, 0.2) is 0 Å². The summed E-state index contributed by atoms with van der Waals surface area (Å²) >= 11 is 0. The van der Waals surface area contributed by atoms with Crippen LogP contribution in [0.2, 0.25) is 0 Å². The Morgan fingerprint density at radius 2 is 1.50 bits per heavy atom. The Bertz CT molecular complexity index is 512. The van der Waals surface area contributed by atoms with E-state index in [0.717, 1.165) is 10.2 Å². The van der Waals surface area contributed by atoms with Gasteiger partial charge in [-0.15, -0.1) is 0 Å². The van der Waals surface area contributed by atoms with Crippen molar-refractivity contribution in [3.05, 3.63) is 36.4 Å². The molecule has 0 bridgehead atoms. The number of nitrogens with zero attached hydrogens (tertiary/aromatic N) is 1. The fourth-order valence-corrected chi connectivity index (χ4v) is 2.02. The van der Waals surface area contributed by atoms with E-state index >= 15 is 0 Å². The zero-order valence-corrected chi connectivity index (χ0v) is 10.3. The standard InChI is InChI=1S/C14H18NO/c1-15(2,3)13-9-10-14(16-4)12-8-6-5-7-11(12)13/h5-10H,1-4H3/q+1. The van der Waals surface area contributed by atoms with E-state index in [4.69, 9.17) is 4.74 Å². The summed E-state index contributed by atoms with van der Waals surface area (Å²) in [6, 6.07) is 12.6. The van der Waals surface area contributed by atoms with Crippen molar-refractivity contribution in [1.29, 1.82) is 0 Å². The minimum atomic E-state index is 0.810. The molecule has 84 valence electrons. The molecular formula is C14H18NO+. The van der Waals surface area contributed by atoms with Crippen molar-refractivity contribution in [1.82, 2.24) is 4.48 Å². The average molecular weight is 216 g/mol. The van der Waals surface area contributed by atoms with E-state index in [1.807, 2.05) is 12.1 Å². The first-order valence-electron chi connectivity index (χ1n) is 5.42. The number of fused-ring (bicyclic) bond motifs is 1. The summed E-state index contributed by atoms with van der Waals surface area (Å²) in [5.74, 6) is 0.938. The van der Waals surface area contributed by atoms with Crippen LogP contribution >= 0.6 is 0 Å². The highest BCUT2D eigenvalue weighted by molar-refractivity contribution is 5.97. The normalized spacial score (nSPS) is 11.8. The molecule has 2 nitrogen and oxygen atoms in total. The highest BCUT2D eigenvalue weighted by Crippen LogP contribution is 2.34. The molecule has 0 fully saturated rings. The van der Waals surface area contributed by atoms with Crippen LogP contribution in [0.4, 0.5) is 5.69 Å². The van der Waals surface area contributed by atoms with Gasteiger partial charge in [0.25, 0.3) is 0 Å². The Morgan fingerprint density at radius 3 is 2.06 bits per heavy atom. The monoisotopic (exact) mass is 216 g/mol. The third kappa shape index (κ3) is 1.76. The van der Waals surface area contributed by atoms with Gasteiger partial charge in [-0.2, -0.15) is 0 Å². The summed E-state index contributed by atoms with van der Waals surface area (Å²) < 4.78 is 6.20. The summed E-state index contributed by atoms with van der Waals surface area (Å²) in [6.45, 7) is 0. The number of hydrogen-bond donors (Lipinski definition) is 0. The van der Waals surface area contributed by atoms with Crippen LogP contribution in [0.5, 0.6) is 5.75 Å². The van der Waals surface area contributed by atoms with Crippen molar-refractivity contribution in [3.8, 4) is 5.75 Å². The van der Waals surface area contributed by atoms with Gasteiger partial charge in [-0.1, -0.05) is 18.2 Å². The fourth-order valence-electron chi connectivity index (χ4n) is 2.02. The van der Waals surface area contributed by atoms with E-state index in [2.05, 4.69) is 45.4 Å². The summed E-state index contributed by atoms with van der Waals surface area (Å²) in [5.41, 5.74) is 1.30. The van der Waals surface area contributed by atoms with Crippen LogP contribution in [0.15, 0.2) is 36.4 Å². The summed E-state index contributed by atoms with van der Waals surface area (Å²) in [6.07, 6.45) is 0. The van der Waals surface area contributed by atoms with Crippen LogP contribution in [0.1, 0.15) is 0 Å². The highest BCUT2D eigenvalue weighted by Gasteiger charge is 2.17. The van der Waals surface area contributed by atoms with Crippen LogP contribution in [0, 0.1) is 0 Å². The molecule has 0 saturated heterocycles. The first kappa shape index (κ1) is 11.0. The zero-order valence-electron chi connectivity index (χ0n) is 10.3. The molecule has 16 heavy (non-hydrogen) atoms. The lowest BCUT2D eigenvalue weighted by molar-refractivity contribution is 0.419. The Hall–Kier alpha value is -1.54. The zero-order chi connectivity index (χ0) is 11.8. The highest BCUT2D eigenvalue weighted by atomic mass is 16.5. The maximum absolute atomic E-state index is 5.39. The Kier molecular flexibility index (Phi) is 2.60. The smallest absolute Gasteiger partial charge is 0.140 e. The van der Waals surface area contributed by atoms with Crippen molar-refractivity contribution < 1.29 is 4.74 Å². The van der Waals surface area contributed by atoms with Gasteiger partial charge in [-0.05, 0) is 12.1 Å². The molecule has 0 radical (unpaired) electrons. The molecule has 2 heteroatoms. The second kappa shape index (κ2) is 3.80. The van der Waals surface area contributed by atoms with Crippen molar-refractivity contribution in [2.45, 2.75) is 0 Å². The Balaban J connectivity index is 2.80. The topological polar surface area (TPSA) is 9.23 Å². The average Bonchev–Trinajstić information content (AvgIpc) is 2.26. The van der Waals surface area contributed by atoms with Crippen molar-refractivity contribution >= 4 is 16.5 Å². The lowest BCUT2D eigenvalue weighted by Crippen LogP contribution is -2.34. The quantitative estimate of drug-likeness (QED) is 0.701. The number of benzene rings is 2. The molecular weight excluding hydrogens is 198 g/mol. The SMILES string of the molecule is COc1ccc([N+](C)(C)C)c2ccccc12. The predicted octanol–water partition coefficient (Wildman–Crippen LogP) is 3.05. The molecule has 0 unspecified atom stereocenters. The molecule has 0 saturated carbocycles. The van der Waals surface area contributed by atoms with Gasteiger partial charge < -0.3 is 4.74 Å². The second-order valence-electron chi connectivity index (χ2n) is 4.84. The summed E-state index contributed by atoms with van der Waals surface area (Å²) in [7, 11) is 8.24. The van der Waals surface area contributed by atoms with Crippen molar-refractivity contribution in [2.75, 3.05) is 28.3 Å². The number of hydrogen-bond acceptors (Lipinski definition) is 1. The number of rotatable bonds is 2. The first-order valence-corrected chi connectivity index (χ1v) is 5.42. The van der Waals surface area contributed by atoms with E-state index in [-0.39, 0.29) is 0 Å². The largest absolute Gasteiger partial charge is 0.496 e. The third-order valence-corrected chi connectivity index (χ3v) is 2.80. The van der Waals surface area contributed by atoms with Gasteiger partial charge in [-0.25, -0.2) is 0 Å². The van der Waals surface area contributed by atoms with Crippen LogP contribution < -0.4 is 9.22 Å². The van der Waals surface area contributed by atoms with Crippen LogP contribution in [-0.4, -0.2) is 28.3 Å². The predicted molar refractivity (Wildman–Crippen MR) is 70.1 cm³/mol. The van der Waals surface area contributed by atoms with E-state index in [9.17, 15) is 0 Å². The Labute approximate surface area is 96.7 Å². The minimum Gasteiger partial charge on any atom is -0.496 e. The molecule has 0 aliphatic carbocycles. The van der Waals surface area contributed by atoms with E-state index in [1.165, 1.54) is 16.5 Å². The maximum Gasteiger partial charge on any atom is 0.140 e. The molecule has 0 atom stereocenters. The van der Waals surface area contributed by atoms with E-state index in [0.29, 0.717) is 0 Å². The third-order valence-electron chi connectivity index (χ3n) is 2.80. The molecule has 2 rings (SSSR count). The molecule has 0 spiro atoms. The molecule has 0 N–H and O–H groups in total. The fraction of sp³-hybridized carbons (Fsp3) is 0.286. The summed E-state index contributed by atoms with van der Waals surface area (Å²) in [5, 5.41) is 2.44. The van der Waals surface area contributed by atoms with Crippen LogP contribution in [-0.2, 0) is 0 Å². The van der Waals surface area contributed by atoms with Crippen molar-refractivity contribution in [3.63, 3.8) is 0 Å². The lowest BCUT2D eigenvalue weighted by Gasteiger charge is -2.25. The summed E-state index contributed by atoms with van der Waals surface area (Å²) in [4.78, 5) is 0. The molecule has 0 heterocycles. The number of ether oxygens (including phenoxy) is 1. The molecule has 2 aromatic rings. The molecule has 0 aliphatic heterocycles. The van der Waals surface area contributed by atoms with Crippen LogP contribution in [0.3, 0.4) is 0 Å². The van der Waals surface area contributed by atoms with Gasteiger partial charge >= 0.3 is 0 Å². The Morgan fingerprint density at radius 1 is 0.875 bits per heavy atom. The minimum absolute atomic E-state index is 0.810. The van der Waals surface area contributed by atoms with E-state index < -0.39 is 0 Å². The van der Waals surface area contributed by atoms with Crippen LogP contribution in [0.25, 0.3) is 10.8 Å². The molecule has 0 aromatic heterocycles. The number of quaternary nitrogens is 1. The number of methoxy groups -OCH3 is 1. The molecule has 2 aromatic carbocycles. The molecule has 0 aliphatic rings. The maximum atomic E-state index is 5.39. The van der Waals surface area contributed by atoms with Gasteiger partial charge in [0, 0.05) is 16.8 Å². The van der Waals surface area contributed by atoms with Gasteiger partial charge in [0.2, 0.25) is 0 Å². The van der Waals surface area contributed by atoms with Gasteiger partial charge in [0.05, 0.1) is 28.3 Å². The van der Waals surface area contributed by atoms with Gasteiger partial charge in [-0.3, -0.25) is 4.48 Å². The van der Waals surface area contributed by atoms with Crippen molar-refractivity contribution in [2.24, 2.45) is 0 Å².